The summed E-state index contributed by atoms with van der Waals surface area (Å²) in [6.45, 7) is 3.58. The van der Waals surface area contributed by atoms with Crippen LogP contribution >= 0.6 is 0 Å². The van der Waals surface area contributed by atoms with Crippen LogP contribution in [0.15, 0.2) is 59.4 Å². The molecule has 6 heteroatoms. The van der Waals surface area contributed by atoms with Crippen molar-refractivity contribution in [1.29, 1.82) is 0 Å². The molecule has 0 aliphatic carbocycles. The molecule has 1 N–H and O–H groups in total. The molecule has 0 bridgehead atoms. The predicted molar refractivity (Wildman–Crippen MR) is 110 cm³/mol. The number of methoxy groups -OCH3 is 1. The van der Waals surface area contributed by atoms with Crippen LogP contribution in [0, 0.1) is 6.92 Å². The van der Waals surface area contributed by atoms with Crippen molar-refractivity contribution in [1.82, 2.24) is 14.2 Å². The summed E-state index contributed by atoms with van der Waals surface area (Å²) < 4.78 is 8.97. The molecule has 0 spiro atoms. The second-order valence-corrected chi connectivity index (χ2v) is 6.90. The van der Waals surface area contributed by atoms with Gasteiger partial charge in [-0.15, -0.1) is 0 Å². The maximum atomic E-state index is 13.4. The number of nitrogens with one attached hydrogen (secondary N) is 1. The van der Waals surface area contributed by atoms with Gasteiger partial charge in [-0.2, -0.15) is 9.61 Å². The van der Waals surface area contributed by atoms with Crippen molar-refractivity contribution in [2.24, 2.45) is 0 Å². The lowest BCUT2D eigenvalue weighted by atomic mass is 10.0. The van der Waals surface area contributed by atoms with E-state index in [-0.39, 0.29) is 5.56 Å². The molecule has 4 aromatic rings. The van der Waals surface area contributed by atoms with Crippen molar-refractivity contribution in [3.63, 3.8) is 0 Å². The minimum Gasteiger partial charge on any atom is -0.497 e. The van der Waals surface area contributed by atoms with Gasteiger partial charge in [-0.1, -0.05) is 42.5 Å². The number of anilines is 1. The first-order valence-electron chi connectivity index (χ1n) is 9.29. The van der Waals surface area contributed by atoms with Crippen LogP contribution in [0.5, 0.6) is 5.75 Å². The van der Waals surface area contributed by atoms with Crippen molar-refractivity contribution < 1.29 is 4.74 Å². The Labute approximate surface area is 162 Å². The van der Waals surface area contributed by atoms with Gasteiger partial charge in [-0.3, -0.25) is 4.79 Å². The van der Waals surface area contributed by atoms with Gasteiger partial charge in [0.2, 0.25) is 0 Å². The van der Waals surface area contributed by atoms with Crippen LogP contribution in [0.3, 0.4) is 0 Å². The Hall–Kier alpha value is -3.54. The van der Waals surface area contributed by atoms with Crippen LogP contribution in [0.1, 0.15) is 5.69 Å². The average molecular weight is 372 g/mol. The van der Waals surface area contributed by atoms with Gasteiger partial charge in [0, 0.05) is 24.3 Å². The number of ether oxygens (including phenoxy) is 1. The lowest BCUT2D eigenvalue weighted by Gasteiger charge is -2.22. The minimum absolute atomic E-state index is 0.110. The molecule has 5 rings (SSSR count). The standard InChI is InChI=1S/C22H20N4O2/c1-14-18(15-8-10-17(28-2)11-9-15)22(27)26-21-20(23-12-13-25(14)21)19(24-26)16-6-4-3-5-7-16/h3-11,23H,12-13H2,1-2H3. The van der Waals surface area contributed by atoms with E-state index in [0.29, 0.717) is 5.56 Å². The van der Waals surface area contributed by atoms with Crippen LogP contribution in [-0.4, -0.2) is 27.8 Å². The summed E-state index contributed by atoms with van der Waals surface area (Å²) in [6.07, 6.45) is 0. The SMILES string of the molecule is COc1ccc(-c2c(C)n3c4c(c(-c5ccccc5)nn4c2=O)NCC3)cc1. The number of rotatable bonds is 3. The topological polar surface area (TPSA) is 60.6 Å². The van der Waals surface area contributed by atoms with E-state index in [4.69, 9.17) is 9.84 Å². The third-order valence-corrected chi connectivity index (χ3v) is 5.35. The van der Waals surface area contributed by atoms with E-state index in [1.165, 1.54) is 4.52 Å². The Balaban J connectivity index is 1.82. The molecule has 2 aromatic carbocycles. The number of aromatic nitrogens is 3. The van der Waals surface area contributed by atoms with Crippen LogP contribution in [0.4, 0.5) is 5.69 Å². The highest BCUT2D eigenvalue weighted by Crippen LogP contribution is 2.34. The van der Waals surface area contributed by atoms with Crippen molar-refractivity contribution >= 4 is 11.3 Å². The number of benzene rings is 2. The molecule has 2 aromatic heterocycles. The molecule has 0 radical (unpaired) electrons. The fourth-order valence-corrected chi connectivity index (χ4v) is 3.97. The highest BCUT2D eigenvalue weighted by Gasteiger charge is 2.25. The first-order valence-corrected chi connectivity index (χ1v) is 9.29. The average Bonchev–Trinajstić information content (AvgIpc) is 3.14. The molecule has 1 aliphatic rings. The lowest BCUT2D eigenvalue weighted by Crippen LogP contribution is -2.27. The van der Waals surface area contributed by atoms with Gasteiger partial charge in [0.05, 0.1) is 12.7 Å². The summed E-state index contributed by atoms with van der Waals surface area (Å²) in [5.41, 5.74) is 5.91. The Morgan fingerprint density at radius 2 is 1.79 bits per heavy atom. The molecule has 0 amide bonds. The second kappa shape index (κ2) is 6.27. The Kier molecular flexibility index (Phi) is 3.72. The summed E-state index contributed by atoms with van der Waals surface area (Å²) in [5, 5.41) is 8.15. The fraction of sp³-hybridized carbons (Fsp3) is 0.182. The highest BCUT2D eigenvalue weighted by atomic mass is 16.5. The van der Waals surface area contributed by atoms with Gasteiger partial charge in [0.25, 0.3) is 5.56 Å². The van der Waals surface area contributed by atoms with E-state index in [9.17, 15) is 4.79 Å². The second-order valence-electron chi connectivity index (χ2n) is 6.90. The predicted octanol–water partition coefficient (Wildman–Crippen LogP) is 3.57. The van der Waals surface area contributed by atoms with Crippen LogP contribution < -0.4 is 15.6 Å². The number of hydrogen-bond acceptors (Lipinski definition) is 4. The maximum Gasteiger partial charge on any atom is 0.282 e. The third kappa shape index (κ3) is 2.34. The molecule has 3 heterocycles. The Morgan fingerprint density at radius 1 is 1.04 bits per heavy atom. The van der Waals surface area contributed by atoms with Gasteiger partial charge >= 0.3 is 0 Å². The largest absolute Gasteiger partial charge is 0.497 e. The molecule has 6 nitrogen and oxygen atoms in total. The Morgan fingerprint density at radius 3 is 2.50 bits per heavy atom. The molecular weight excluding hydrogens is 352 g/mol. The molecule has 0 atom stereocenters. The maximum absolute atomic E-state index is 13.4. The van der Waals surface area contributed by atoms with Gasteiger partial charge < -0.3 is 14.6 Å². The zero-order valence-electron chi connectivity index (χ0n) is 15.8. The zero-order chi connectivity index (χ0) is 19.3. The van der Waals surface area contributed by atoms with Crippen LogP contribution in [-0.2, 0) is 6.54 Å². The minimum atomic E-state index is -0.110. The number of hydrogen-bond donors (Lipinski definition) is 1. The summed E-state index contributed by atoms with van der Waals surface area (Å²) in [6, 6.07) is 17.6. The van der Waals surface area contributed by atoms with Gasteiger partial charge in [0.1, 0.15) is 17.1 Å². The van der Waals surface area contributed by atoms with Crippen LogP contribution in [0.2, 0.25) is 0 Å². The summed E-state index contributed by atoms with van der Waals surface area (Å²) >= 11 is 0. The fourth-order valence-electron chi connectivity index (χ4n) is 3.97. The molecule has 0 saturated carbocycles. The number of nitrogens with zero attached hydrogens (tertiary/aromatic N) is 3. The van der Waals surface area contributed by atoms with Crippen molar-refractivity contribution in [3.05, 3.63) is 70.6 Å². The Bertz CT molecular complexity index is 1240. The van der Waals surface area contributed by atoms with Crippen molar-refractivity contribution in [2.45, 2.75) is 13.5 Å². The van der Waals surface area contributed by atoms with Crippen molar-refractivity contribution in [2.75, 3.05) is 19.0 Å². The van der Waals surface area contributed by atoms with Gasteiger partial charge in [-0.25, -0.2) is 0 Å². The summed E-state index contributed by atoms with van der Waals surface area (Å²) in [7, 11) is 1.63. The monoisotopic (exact) mass is 372 g/mol. The van der Waals surface area contributed by atoms with Crippen LogP contribution in [0.25, 0.3) is 28.0 Å². The van der Waals surface area contributed by atoms with Gasteiger partial charge in [-0.05, 0) is 24.6 Å². The molecule has 0 fully saturated rings. The molecule has 0 saturated heterocycles. The highest BCUT2D eigenvalue weighted by molar-refractivity contribution is 5.87. The van der Waals surface area contributed by atoms with E-state index in [2.05, 4.69) is 9.88 Å². The lowest BCUT2D eigenvalue weighted by molar-refractivity contribution is 0.415. The van der Waals surface area contributed by atoms with E-state index in [1.807, 2.05) is 61.5 Å². The normalized spacial score (nSPS) is 12.8. The van der Waals surface area contributed by atoms with Crippen molar-refractivity contribution in [3.8, 4) is 28.1 Å². The molecular formula is C22H20N4O2. The quantitative estimate of drug-likeness (QED) is 0.597. The van der Waals surface area contributed by atoms with E-state index >= 15 is 0 Å². The van der Waals surface area contributed by atoms with E-state index in [1.54, 1.807) is 7.11 Å². The third-order valence-electron chi connectivity index (χ3n) is 5.35. The molecule has 0 unspecified atom stereocenters. The first-order chi connectivity index (χ1) is 13.7. The summed E-state index contributed by atoms with van der Waals surface area (Å²) in [5.74, 6) is 0.765. The zero-order valence-corrected chi connectivity index (χ0v) is 15.8. The molecule has 140 valence electrons. The van der Waals surface area contributed by atoms with E-state index in [0.717, 1.165) is 52.7 Å². The van der Waals surface area contributed by atoms with E-state index < -0.39 is 0 Å². The first kappa shape index (κ1) is 16.6. The van der Waals surface area contributed by atoms with Gasteiger partial charge in [0.15, 0.2) is 5.65 Å². The molecule has 28 heavy (non-hydrogen) atoms. The smallest absolute Gasteiger partial charge is 0.282 e. The molecule has 1 aliphatic heterocycles. The summed E-state index contributed by atoms with van der Waals surface area (Å²) in [4.78, 5) is 13.4.